The molecule has 1 aromatic rings. The van der Waals surface area contributed by atoms with Crippen LogP contribution in [0.3, 0.4) is 0 Å². The van der Waals surface area contributed by atoms with Crippen LogP contribution in [0.4, 0.5) is 10.1 Å². The van der Waals surface area contributed by atoms with Crippen LogP contribution in [0.25, 0.3) is 0 Å². The van der Waals surface area contributed by atoms with Gasteiger partial charge in [0.05, 0.1) is 5.69 Å². The average Bonchev–Trinajstić information content (AvgIpc) is 2.38. The van der Waals surface area contributed by atoms with Crippen molar-refractivity contribution in [3.8, 4) is 0 Å². The van der Waals surface area contributed by atoms with Gasteiger partial charge in [-0.25, -0.2) is 4.39 Å². The van der Waals surface area contributed by atoms with E-state index in [0.29, 0.717) is 0 Å². The Bertz CT molecular complexity index is 435. The summed E-state index contributed by atoms with van der Waals surface area (Å²) in [5, 5.41) is 0. The van der Waals surface area contributed by atoms with E-state index in [4.69, 9.17) is 5.73 Å². The summed E-state index contributed by atoms with van der Waals surface area (Å²) in [7, 11) is 0. The van der Waals surface area contributed by atoms with Crippen LogP contribution < -0.4 is 10.6 Å². The number of nitrogens with zero attached hydrogens (tertiary/aromatic N) is 1. The number of para-hydroxylation sites is 1. The van der Waals surface area contributed by atoms with Gasteiger partial charge in [-0.05, 0) is 49.7 Å². The van der Waals surface area contributed by atoms with Gasteiger partial charge in [0.1, 0.15) is 5.82 Å². The molecule has 0 saturated carbocycles. The summed E-state index contributed by atoms with van der Waals surface area (Å²) < 4.78 is 14.3. The summed E-state index contributed by atoms with van der Waals surface area (Å²) >= 11 is 0. The maximum absolute atomic E-state index is 14.3. The predicted molar refractivity (Wildman–Crippen MR) is 83.5 cm³/mol. The van der Waals surface area contributed by atoms with Crippen LogP contribution in [0, 0.1) is 17.7 Å². The molecule has 2 N–H and O–H groups in total. The molecule has 0 aromatic heterocycles. The van der Waals surface area contributed by atoms with Crippen molar-refractivity contribution in [3.05, 3.63) is 29.6 Å². The van der Waals surface area contributed by atoms with Gasteiger partial charge in [-0.2, -0.15) is 0 Å². The summed E-state index contributed by atoms with van der Waals surface area (Å²) in [6.07, 6.45) is 3.05. The van der Waals surface area contributed by atoms with Gasteiger partial charge in [-0.15, -0.1) is 0 Å². The van der Waals surface area contributed by atoms with E-state index in [-0.39, 0.29) is 11.9 Å². The predicted octanol–water partition coefficient (Wildman–Crippen LogP) is 3.59. The molecule has 0 spiro atoms. The fourth-order valence-corrected chi connectivity index (χ4v) is 3.22. The summed E-state index contributed by atoms with van der Waals surface area (Å²) in [4.78, 5) is 2.21. The maximum atomic E-state index is 14.3. The van der Waals surface area contributed by atoms with Crippen molar-refractivity contribution < 1.29 is 4.39 Å². The lowest BCUT2D eigenvalue weighted by atomic mass is 9.86. The smallest absolute Gasteiger partial charge is 0.146 e. The molecule has 0 amide bonds. The lowest BCUT2D eigenvalue weighted by molar-refractivity contribution is 0.310. The normalized spacial score (nSPS) is 18.6. The Morgan fingerprint density at radius 2 is 1.90 bits per heavy atom. The first-order valence-corrected chi connectivity index (χ1v) is 7.77. The Labute approximate surface area is 122 Å². The minimum absolute atomic E-state index is 0.0590. The van der Waals surface area contributed by atoms with Crippen molar-refractivity contribution in [3.63, 3.8) is 0 Å². The van der Waals surface area contributed by atoms with E-state index in [9.17, 15) is 4.39 Å². The van der Waals surface area contributed by atoms with Crippen molar-refractivity contribution in [2.75, 3.05) is 18.0 Å². The Kier molecular flexibility index (Phi) is 5.03. The van der Waals surface area contributed by atoms with Gasteiger partial charge in [0.15, 0.2) is 0 Å². The largest absolute Gasteiger partial charge is 0.369 e. The molecular weight excluding hydrogens is 251 g/mol. The lowest BCUT2D eigenvalue weighted by Crippen LogP contribution is -2.36. The third-order valence-corrected chi connectivity index (χ3v) is 4.41. The SMILES string of the molecule is CC(N)Cc1cccc(F)c1N1CCC(C(C)C)CC1. The van der Waals surface area contributed by atoms with E-state index in [0.717, 1.165) is 55.4 Å². The number of hydrogen-bond acceptors (Lipinski definition) is 2. The number of benzene rings is 1. The zero-order valence-corrected chi connectivity index (χ0v) is 12.9. The molecular formula is C17H27FN2. The molecule has 1 aromatic carbocycles. The number of rotatable bonds is 4. The standard InChI is InChI=1S/C17H27FN2/c1-12(2)14-7-9-20(10-8-14)17-15(11-13(3)19)5-4-6-16(17)18/h4-6,12-14H,7-11,19H2,1-3H3. The molecule has 1 fully saturated rings. The van der Waals surface area contributed by atoms with Gasteiger partial charge < -0.3 is 10.6 Å². The monoisotopic (exact) mass is 278 g/mol. The zero-order valence-electron chi connectivity index (χ0n) is 12.9. The van der Waals surface area contributed by atoms with E-state index in [2.05, 4.69) is 18.7 Å². The second-order valence-corrected chi connectivity index (χ2v) is 6.50. The third kappa shape index (κ3) is 3.51. The summed E-state index contributed by atoms with van der Waals surface area (Å²) in [6.45, 7) is 8.45. The molecule has 1 aliphatic rings. The molecule has 0 bridgehead atoms. The summed E-state index contributed by atoms with van der Waals surface area (Å²) in [5.41, 5.74) is 7.72. The second-order valence-electron chi connectivity index (χ2n) is 6.50. The summed E-state index contributed by atoms with van der Waals surface area (Å²) in [5.74, 6) is 1.39. The van der Waals surface area contributed by atoms with Crippen LogP contribution in [-0.4, -0.2) is 19.1 Å². The maximum Gasteiger partial charge on any atom is 0.146 e. The molecule has 3 heteroatoms. The fraction of sp³-hybridized carbons (Fsp3) is 0.647. The molecule has 0 aliphatic carbocycles. The van der Waals surface area contributed by atoms with Crippen LogP contribution in [0.5, 0.6) is 0 Å². The van der Waals surface area contributed by atoms with Crippen molar-refractivity contribution in [1.29, 1.82) is 0 Å². The number of nitrogens with two attached hydrogens (primary N) is 1. The van der Waals surface area contributed by atoms with Crippen LogP contribution in [0.15, 0.2) is 18.2 Å². The first kappa shape index (κ1) is 15.3. The fourth-order valence-electron chi connectivity index (χ4n) is 3.22. The Morgan fingerprint density at radius 3 is 2.45 bits per heavy atom. The minimum atomic E-state index is -0.105. The topological polar surface area (TPSA) is 29.3 Å². The second kappa shape index (κ2) is 6.57. The van der Waals surface area contributed by atoms with Crippen LogP contribution >= 0.6 is 0 Å². The van der Waals surface area contributed by atoms with Crippen LogP contribution in [0.1, 0.15) is 39.2 Å². The highest BCUT2D eigenvalue weighted by Gasteiger charge is 2.24. The van der Waals surface area contributed by atoms with E-state index < -0.39 is 0 Å². The number of hydrogen-bond donors (Lipinski definition) is 1. The van der Waals surface area contributed by atoms with Gasteiger partial charge in [-0.1, -0.05) is 26.0 Å². The molecule has 2 nitrogen and oxygen atoms in total. The summed E-state index contributed by atoms with van der Waals surface area (Å²) in [6, 6.07) is 5.42. The van der Waals surface area contributed by atoms with Gasteiger partial charge in [-0.3, -0.25) is 0 Å². The molecule has 1 unspecified atom stereocenters. The first-order valence-electron chi connectivity index (χ1n) is 7.77. The molecule has 1 aliphatic heterocycles. The highest BCUT2D eigenvalue weighted by Crippen LogP contribution is 2.31. The quantitative estimate of drug-likeness (QED) is 0.912. The minimum Gasteiger partial charge on any atom is -0.369 e. The van der Waals surface area contributed by atoms with Crippen molar-refractivity contribution in [1.82, 2.24) is 0 Å². The van der Waals surface area contributed by atoms with E-state index in [1.807, 2.05) is 13.0 Å². The zero-order chi connectivity index (χ0) is 14.7. The molecule has 1 atom stereocenters. The average molecular weight is 278 g/mol. The van der Waals surface area contributed by atoms with Gasteiger partial charge >= 0.3 is 0 Å². The Morgan fingerprint density at radius 1 is 1.25 bits per heavy atom. The van der Waals surface area contributed by atoms with Crippen LogP contribution in [-0.2, 0) is 6.42 Å². The molecule has 0 radical (unpaired) electrons. The number of halogens is 1. The molecule has 20 heavy (non-hydrogen) atoms. The van der Waals surface area contributed by atoms with E-state index in [1.54, 1.807) is 12.1 Å². The van der Waals surface area contributed by atoms with Crippen molar-refractivity contribution in [2.24, 2.45) is 17.6 Å². The van der Waals surface area contributed by atoms with E-state index >= 15 is 0 Å². The van der Waals surface area contributed by atoms with Crippen molar-refractivity contribution in [2.45, 2.75) is 46.1 Å². The highest BCUT2D eigenvalue weighted by molar-refractivity contribution is 5.55. The first-order chi connectivity index (χ1) is 9.49. The molecule has 2 rings (SSSR count). The van der Waals surface area contributed by atoms with Gasteiger partial charge in [0.25, 0.3) is 0 Å². The Hall–Kier alpha value is -1.09. The molecule has 1 saturated heterocycles. The molecule has 1 heterocycles. The lowest BCUT2D eigenvalue weighted by Gasteiger charge is -2.36. The van der Waals surface area contributed by atoms with Gasteiger partial charge in [0, 0.05) is 19.1 Å². The van der Waals surface area contributed by atoms with Gasteiger partial charge in [0.2, 0.25) is 0 Å². The van der Waals surface area contributed by atoms with Crippen molar-refractivity contribution >= 4 is 5.69 Å². The van der Waals surface area contributed by atoms with Crippen LogP contribution in [0.2, 0.25) is 0 Å². The Balaban J connectivity index is 2.16. The third-order valence-electron chi connectivity index (χ3n) is 4.41. The number of piperidine rings is 1. The van der Waals surface area contributed by atoms with E-state index in [1.165, 1.54) is 0 Å². The number of anilines is 1. The highest BCUT2D eigenvalue weighted by atomic mass is 19.1. The molecule has 112 valence electrons.